The third kappa shape index (κ3) is 21.4. The molecule has 2 atom stereocenters. The molecule has 13 heteroatoms. The smallest absolute Gasteiger partial charge is 0.351 e. The highest BCUT2D eigenvalue weighted by atomic mass is 32.2. The predicted molar refractivity (Wildman–Crippen MR) is 242 cm³/mol. The minimum Gasteiger partial charge on any atom is -0.462 e. The molecule has 1 saturated heterocycles. The van der Waals surface area contributed by atoms with E-state index in [0.717, 1.165) is 84.3 Å². The van der Waals surface area contributed by atoms with Crippen LogP contribution < -0.4 is 31.9 Å². The molecule has 0 aliphatic carbocycles. The van der Waals surface area contributed by atoms with Crippen molar-refractivity contribution in [2.24, 2.45) is 0 Å². The van der Waals surface area contributed by atoms with E-state index in [2.05, 4.69) is 92.8 Å². The van der Waals surface area contributed by atoms with E-state index in [-0.39, 0.29) is 29.7 Å². The number of nitrogens with one attached hydrogen (secondary N) is 4. The maximum Gasteiger partial charge on any atom is 0.351 e. The zero-order valence-electron chi connectivity index (χ0n) is 35.6. The molecule has 59 heavy (non-hydrogen) atoms. The van der Waals surface area contributed by atoms with Crippen molar-refractivity contribution in [3.05, 3.63) is 89.0 Å². The minimum absolute atomic E-state index is 0.144. The highest BCUT2D eigenvalue weighted by Gasteiger charge is 2.29. The summed E-state index contributed by atoms with van der Waals surface area (Å²) in [5.41, 5.74) is 1.77. The number of unbranched alkanes of at least 4 members (excludes halogenated alkanes) is 10. The van der Waals surface area contributed by atoms with Crippen LogP contribution in [0, 0.1) is 0 Å². The molecule has 1 aliphatic heterocycles. The van der Waals surface area contributed by atoms with E-state index in [1.807, 2.05) is 6.07 Å². The van der Waals surface area contributed by atoms with E-state index < -0.39 is 11.9 Å². The van der Waals surface area contributed by atoms with Crippen LogP contribution in [0.2, 0.25) is 0 Å². The van der Waals surface area contributed by atoms with Crippen LogP contribution in [0.25, 0.3) is 0 Å². The van der Waals surface area contributed by atoms with Gasteiger partial charge in [0.25, 0.3) is 0 Å². The maximum atomic E-state index is 12.8. The fraction of sp³-hybridized carbons (Fsp3) is 0.609. The second-order valence-corrected chi connectivity index (χ2v) is 16.6. The van der Waals surface area contributed by atoms with Crippen LogP contribution in [-0.4, -0.2) is 85.5 Å². The minimum atomic E-state index is -0.511. The summed E-state index contributed by atoms with van der Waals surface area (Å²) in [4.78, 5) is 43.9. The fourth-order valence-corrected chi connectivity index (χ4v) is 7.91. The van der Waals surface area contributed by atoms with E-state index in [0.29, 0.717) is 18.6 Å². The number of aromatic nitrogens is 2. The van der Waals surface area contributed by atoms with Crippen LogP contribution in [-0.2, 0) is 25.6 Å². The number of ether oxygens (including phenoxy) is 2. The van der Waals surface area contributed by atoms with Crippen LogP contribution in [0.4, 0.5) is 11.5 Å². The standard InChI is InChI=1S/C46H71N7O5S/c1-52(40-24-12-7-13-25-40)34-21-5-4-17-30-48-32-20-9-15-27-44(55)57-37-45-58-43(38-59-45)53-35-28-41(51-46(53)56)50-42(54)26-14-8-19-31-47-29-16-2-3-18-33-49-36-39-22-10-6-11-23-39/h6-7,10-13,22-25,28,35,43,45,47-49H,2-5,8-9,14-21,26-27,29-34,36-38H2,1H3,(H,50,51,54,56). The highest BCUT2D eigenvalue weighted by molar-refractivity contribution is 8.00. The molecule has 12 nitrogen and oxygen atoms in total. The molecule has 2 aromatic carbocycles. The van der Waals surface area contributed by atoms with Crippen molar-refractivity contribution in [2.45, 2.75) is 121 Å². The van der Waals surface area contributed by atoms with E-state index in [4.69, 9.17) is 9.47 Å². The molecule has 1 amide bonds. The number of hydrogen-bond acceptors (Lipinski definition) is 11. The number of benzene rings is 2. The number of amides is 1. The Bertz CT molecular complexity index is 1620. The average molecular weight is 834 g/mol. The van der Waals surface area contributed by atoms with Gasteiger partial charge in [-0.3, -0.25) is 14.2 Å². The number of para-hydroxylation sites is 1. The highest BCUT2D eigenvalue weighted by Crippen LogP contribution is 2.31. The summed E-state index contributed by atoms with van der Waals surface area (Å²) < 4.78 is 12.9. The molecule has 326 valence electrons. The second-order valence-electron chi connectivity index (χ2n) is 15.5. The normalized spacial score (nSPS) is 15.0. The van der Waals surface area contributed by atoms with Gasteiger partial charge in [0.1, 0.15) is 24.1 Å². The molecule has 0 bridgehead atoms. The number of hydrogen-bond donors (Lipinski definition) is 4. The van der Waals surface area contributed by atoms with Crippen molar-refractivity contribution in [3.8, 4) is 0 Å². The van der Waals surface area contributed by atoms with Gasteiger partial charge in [0.15, 0.2) is 0 Å². The summed E-state index contributed by atoms with van der Waals surface area (Å²) in [7, 11) is 2.15. The molecule has 0 saturated carbocycles. The molecule has 4 N–H and O–H groups in total. The first kappa shape index (κ1) is 47.9. The summed E-state index contributed by atoms with van der Waals surface area (Å²) in [6, 6.07) is 22.6. The monoisotopic (exact) mass is 834 g/mol. The third-order valence-electron chi connectivity index (χ3n) is 10.4. The van der Waals surface area contributed by atoms with Gasteiger partial charge in [-0.1, -0.05) is 87.1 Å². The number of rotatable bonds is 33. The van der Waals surface area contributed by atoms with E-state index in [1.54, 1.807) is 12.3 Å². The lowest BCUT2D eigenvalue weighted by Crippen LogP contribution is -2.29. The number of esters is 1. The van der Waals surface area contributed by atoms with Crippen molar-refractivity contribution in [1.29, 1.82) is 0 Å². The Morgan fingerprint density at radius 2 is 1.32 bits per heavy atom. The van der Waals surface area contributed by atoms with Crippen LogP contribution in [0.1, 0.15) is 115 Å². The van der Waals surface area contributed by atoms with E-state index >= 15 is 0 Å². The molecule has 2 unspecified atom stereocenters. The summed E-state index contributed by atoms with van der Waals surface area (Å²) in [6.45, 7) is 7.21. The number of thioether (sulfide) groups is 1. The number of carbonyl (C=O) groups excluding carboxylic acids is 2. The third-order valence-corrected chi connectivity index (χ3v) is 11.5. The lowest BCUT2D eigenvalue weighted by Gasteiger charge is -2.18. The molecule has 1 aliphatic rings. The van der Waals surface area contributed by atoms with Gasteiger partial charge in [-0.05, 0) is 108 Å². The molecule has 0 radical (unpaired) electrons. The first-order chi connectivity index (χ1) is 29.0. The number of carbonyl (C=O) groups is 2. The van der Waals surface area contributed by atoms with Gasteiger partial charge in [-0.15, -0.1) is 11.8 Å². The van der Waals surface area contributed by atoms with Crippen molar-refractivity contribution in [3.63, 3.8) is 0 Å². The molecule has 3 aromatic rings. The van der Waals surface area contributed by atoms with Gasteiger partial charge in [0.2, 0.25) is 5.91 Å². The SMILES string of the molecule is CN(CCCCCCNCCCCCC(=O)OCC1OC(n2ccc(NC(=O)CCCCCNCCCCCCNCc3ccccc3)nc2=O)CS1)c1ccccc1. The van der Waals surface area contributed by atoms with Gasteiger partial charge in [0, 0.05) is 50.6 Å². The molecule has 0 spiro atoms. The Balaban J connectivity index is 0.916. The van der Waals surface area contributed by atoms with Crippen LogP contribution in [0.3, 0.4) is 0 Å². The first-order valence-electron chi connectivity index (χ1n) is 22.2. The Kier molecular flexibility index (Phi) is 24.6. The van der Waals surface area contributed by atoms with Crippen LogP contribution >= 0.6 is 11.8 Å². The topological polar surface area (TPSA) is 139 Å². The lowest BCUT2D eigenvalue weighted by atomic mass is 10.1. The lowest BCUT2D eigenvalue weighted by molar-refractivity contribution is -0.147. The Morgan fingerprint density at radius 3 is 1.97 bits per heavy atom. The van der Waals surface area contributed by atoms with E-state index in [1.165, 1.54) is 78.9 Å². The Morgan fingerprint density at radius 1 is 0.746 bits per heavy atom. The van der Waals surface area contributed by atoms with Crippen molar-refractivity contribution in [2.75, 3.05) is 68.9 Å². The molecular weight excluding hydrogens is 763 g/mol. The van der Waals surface area contributed by atoms with E-state index in [9.17, 15) is 14.4 Å². The van der Waals surface area contributed by atoms with Crippen molar-refractivity contribution < 1.29 is 19.1 Å². The maximum absolute atomic E-state index is 12.8. The second kappa shape index (κ2) is 30.3. The zero-order valence-corrected chi connectivity index (χ0v) is 36.4. The zero-order chi connectivity index (χ0) is 41.6. The summed E-state index contributed by atoms with van der Waals surface area (Å²) in [5.74, 6) is 0.411. The van der Waals surface area contributed by atoms with Gasteiger partial charge in [-0.2, -0.15) is 4.98 Å². The molecular formula is C46H71N7O5S. The van der Waals surface area contributed by atoms with Gasteiger partial charge in [-0.25, -0.2) is 4.79 Å². The van der Waals surface area contributed by atoms with Crippen molar-refractivity contribution in [1.82, 2.24) is 25.5 Å². The number of anilines is 2. The molecule has 2 heterocycles. The van der Waals surface area contributed by atoms with Crippen LogP contribution in [0.5, 0.6) is 0 Å². The Hall–Kier alpha value is -3.75. The molecule has 1 fully saturated rings. The van der Waals surface area contributed by atoms with Gasteiger partial charge >= 0.3 is 11.7 Å². The largest absolute Gasteiger partial charge is 0.462 e. The van der Waals surface area contributed by atoms with Gasteiger partial charge in [0.05, 0.1) is 0 Å². The summed E-state index contributed by atoms with van der Waals surface area (Å²) in [5, 5.41) is 13.3. The van der Waals surface area contributed by atoms with Crippen LogP contribution in [0.15, 0.2) is 77.7 Å². The molecule has 1 aromatic heterocycles. The van der Waals surface area contributed by atoms with Gasteiger partial charge < -0.3 is 35.6 Å². The summed E-state index contributed by atoms with van der Waals surface area (Å²) >= 11 is 1.50. The predicted octanol–water partition coefficient (Wildman–Crippen LogP) is 7.66. The van der Waals surface area contributed by atoms with Crippen molar-refractivity contribution >= 4 is 35.1 Å². The first-order valence-corrected chi connectivity index (χ1v) is 23.3. The average Bonchev–Trinajstić information content (AvgIpc) is 3.72. The Labute approximate surface area is 357 Å². The quantitative estimate of drug-likeness (QED) is 0.0356. The summed E-state index contributed by atoms with van der Waals surface area (Å²) in [6.07, 6.45) is 17.2. The fourth-order valence-electron chi connectivity index (χ4n) is 6.92. The molecule has 4 rings (SSSR count). The number of nitrogens with zero attached hydrogens (tertiary/aromatic N) is 3.